The zero-order chi connectivity index (χ0) is 21.5. The van der Waals surface area contributed by atoms with Crippen LogP contribution in [0.15, 0.2) is 54.7 Å². The fourth-order valence-electron chi connectivity index (χ4n) is 2.69. The fourth-order valence-corrected chi connectivity index (χ4v) is 3.66. The Morgan fingerprint density at radius 3 is 2.37 bits per heavy atom. The van der Waals surface area contributed by atoms with Gasteiger partial charge in [-0.3, -0.25) is 10.1 Å². The van der Waals surface area contributed by atoms with E-state index in [1.165, 1.54) is 11.3 Å². The Morgan fingerprint density at radius 2 is 1.70 bits per heavy atom. The van der Waals surface area contributed by atoms with E-state index in [2.05, 4.69) is 20.9 Å². The number of hydrogen-bond donors (Lipinski definition) is 3. The Balaban J connectivity index is 1.52. The molecule has 1 heterocycles. The lowest BCUT2D eigenvalue weighted by Gasteiger charge is -2.10. The van der Waals surface area contributed by atoms with Crippen LogP contribution >= 0.6 is 22.9 Å². The fraction of sp³-hybridized carbons (Fsp3) is 0.227. The van der Waals surface area contributed by atoms with Crippen LogP contribution < -0.4 is 16.0 Å². The number of carbonyl (C=O) groups is 2. The zero-order valence-corrected chi connectivity index (χ0v) is 18.3. The van der Waals surface area contributed by atoms with E-state index in [4.69, 9.17) is 11.6 Å². The molecule has 156 valence electrons. The molecule has 2 aromatic carbocycles. The van der Waals surface area contributed by atoms with Crippen LogP contribution in [0.1, 0.15) is 40.2 Å². The number of nitrogens with zero attached hydrogens (tertiary/aromatic N) is 1. The summed E-state index contributed by atoms with van der Waals surface area (Å²) in [5.41, 5.74) is 2.57. The van der Waals surface area contributed by atoms with Crippen molar-refractivity contribution in [3.63, 3.8) is 0 Å². The van der Waals surface area contributed by atoms with Gasteiger partial charge in [0, 0.05) is 40.7 Å². The smallest absolute Gasteiger partial charge is 0.315 e. The first-order valence-electron chi connectivity index (χ1n) is 9.53. The van der Waals surface area contributed by atoms with Crippen LogP contribution in [0.3, 0.4) is 0 Å². The van der Waals surface area contributed by atoms with Crippen molar-refractivity contribution in [2.75, 3.05) is 5.32 Å². The van der Waals surface area contributed by atoms with Crippen LogP contribution in [0.5, 0.6) is 0 Å². The molecule has 3 aromatic rings. The second-order valence-corrected chi connectivity index (χ2v) is 8.62. The van der Waals surface area contributed by atoms with Crippen molar-refractivity contribution in [1.82, 2.24) is 15.6 Å². The predicted molar refractivity (Wildman–Crippen MR) is 121 cm³/mol. The molecule has 0 radical (unpaired) electrons. The third-order valence-corrected chi connectivity index (χ3v) is 5.32. The first kappa shape index (κ1) is 21.8. The number of carbonyl (C=O) groups excluding carboxylic acids is 2. The topological polar surface area (TPSA) is 83.1 Å². The molecule has 3 rings (SSSR count). The predicted octanol–water partition coefficient (Wildman–Crippen LogP) is 4.85. The first-order chi connectivity index (χ1) is 14.4. The molecule has 8 heteroatoms. The van der Waals surface area contributed by atoms with Crippen LogP contribution in [-0.2, 0) is 13.0 Å². The molecule has 3 N–H and O–H groups in total. The van der Waals surface area contributed by atoms with Gasteiger partial charge in [-0.15, -0.1) is 11.3 Å². The molecule has 0 bridgehead atoms. The van der Waals surface area contributed by atoms with Crippen molar-refractivity contribution in [2.24, 2.45) is 0 Å². The second-order valence-electron chi connectivity index (χ2n) is 7.07. The van der Waals surface area contributed by atoms with Gasteiger partial charge < -0.3 is 10.6 Å². The standard InChI is InChI=1S/C22H23ClN4O2S/c1-14(2)26-21(29)24-12-16-3-7-17(8-4-16)20(28)27-22-25-13-19(30-22)11-15-5-9-18(23)10-6-15/h3-10,13-14H,11-12H2,1-2H3,(H2,24,26,29)(H,25,27,28). The number of nitrogens with one attached hydrogen (secondary N) is 3. The van der Waals surface area contributed by atoms with Crippen molar-refractivity contribution in [2.45, 2.75) is 32.9 Å². The van der Waals surface area contributed by atoms with Gasteiger partial charge in [0.2, 0.25) is 0 Å². The minimum absolute atomic E-state index is 0.0774. The molecule has 0 spiro atoms. The van der Waals surface area contributed by atoms with E-state index in [0.29, 0.717) is 22.3 Å². The normalized spacial score (nSPS) is 10.7. The van der Waals surface area contributed by atoms with Crippen LogP contribution in [0.25, 0.3) is 0 Å². The monoisotopic (exact) mass is 442 g/mol. The summed E-state index contributed by atoms with van der Waals surface area (Å²) in [7, 11) is 0. The molecule has 0 unspecified atom stereocenters. The third kappa shape index (κ3) is 6.57. The Labute approximate surface area is 184 Å². The average molecular weight is 443 g/mol. The van der Waals surface area contributed by atoms with Crippen LogP contribution in [0, 0.1) is 0 Å². The number of rotatable bonds is 7. The van der Waals surface area contributed by atoms with Gasteiger partial charge in [0.05, 0.1) is 0 Å². The van der Waals surface area contributed by atoms with E-state index in [-0.39, 0.29) is 18.0 Å². The molecule has 0 aliphatic rings. The van der Waals surface area contributed by atoms with E-state index < -0.39 is 0 Å². The van der Waals surface area contributed by atoms with Gasteiger partial charge in [-0.2, -0.15) is 0 Å². The molecule has 0 aliphatic heterocycles. The quantitative estimate of drug-likeness (QED) is 0.489. The van der Waals surface area contributed by atoms with Crippen molar-refractivity contribution >= 4 is 40.0 Å². The number of halogens is 1. The second kappa shape index (κ2) is 10.2. The maximum absolute atomic E-state index is 12.5. The van der Waals surface area contributed by atoms with Gasteiger partial charge in [-0.1, -0.05) is 35.9 Å². The third-order valence-electron chi connectivity index (χ3n) is 4.15. The summed E-state index contributed by atoms with van der Waals surface area (Å²) in [5, 5.41) is 9.64. The maximum Gasteiger partial charge on any atom is 0.315 e. The lowest BCUT2D eigenvalue weighted by atomic mass is 10.1. The molecule has 0 saturated heterocycles. The Hall–Kier alpha value is -2.90. The van der Waals surface area contributed by atoms with E-state index in [1.54, 1.807) is 18.3 Å². The van der Waals surface area contributed by atoms with Crippen LogP contribution in [0.4, 0.5) is 9.93 Å². The number of amides is 3. The Bertz CT molecular complexity index is 1000. The highest BCUT2D eigenvalue weighted by molar-refractivity contribution is 7.15. The minimum Gasteiger partial charge on any atom is -0.336 e. The number of aromatic nitrogens is 1. The summed E-state index contributed by atoms with van der Waals surface area (Å²) < 4.78 is 0. The highest BCUT2D eigenvalue weighted by atomic mass is 35.5. The largest absolute Gasteiger partial charge is 0.336 e. The lowest BCUT2D eigenvalue weighted by molar-refractivity contribution is 0.102. The van der Waals surface area contributed by atoms with E-state index in [9.17, 15) is 9.59 Å². The van der Waals surface area contributed by atoms with Crippen molar-refractivity contribution in [3.8, 4) is 0 Å². The molecule has 0 saturated carbocycles. The average Bonchev–Trinajstić information content (AvgIpc) is 3.15. The van der Waals surface area contributed by atoms with Gasteiger partial charge in [0.25, 0.3) is 5.91 Å². The number of hydrogen-bond acceptors (Lipinski definition) is 4. The summed E-state index contributed by atoms with van der Waals surface area (Å²) in [6, 6.07) is 14.6. The molecule has 3 amide bonds. The summed E-state index contributed by atoms with van der Waals surface area (Å²) >= 11 is 7.36. The summed E-state index contributed by atoms with van der Waals surface area (Å²) in [5.74, 6) is -0.223. The van der Waals surface area contributed by atoms with Gasteiger partial charge >= 0.3 is 6.03 Å². The molecule has 0 aliphatic carbocycles. The molecule has 6 nitrogen and oxygen atoms in total. The van der Waals surface area contributed by atoms with E-state index in [0.717, 1.165) is 22.4 Å². The van der Waals surface area contributed by atoms with Gasteiger partial charge in [0.1, 0.15) is 0 Å². The first-order valence-corrected chi connectivity index (χ1v) is 10.7. The number of benzene rings is 2. The SMILES string of the molecule is CC(C)NC(=O)NCc1ccc(C(=O)Nc2ncc(Cc3ccc(Cl)cc3)s2)cc1. The van der Waals surface area contributed by atoms with Crippen molar-refractivity contribution in [3.05, 3.63) is 81.3 Å². The summed E-state index contributed by atoms with van der Waals surface area (Å²) in [6.07, 6.45) is 2.50. The highest BCUT2D eigenvalue weighted by Crippen LogP contribution is 2.22. The lowest BCUT2D eigenvalue weighted by Crippen LogP contribution is -2.39. The molecular formula is C22H23ClN4O2S. The van der Waals surface area contributed by atoms with Gasteiger partial charge in [-0.05, 0) is 49.2 Å². The summed E-state index contributed by atoms with van der Waals surface area (Å²) in [6.45, 7) is 4.19. The number of anilines is 1. The van der Waals surface area contributed by atoms with Gasteiger partial charge in [0.15, 0.2) is 5.13 Å². The van der Waals surface area contributed by atoms with Crippen LogP contribution in [0.2, 0.25) is 5.02 Å². The van der Waals surface area contributed by atoms with E-state index >= 15 is 0 Å². The zero-order valence-electron chi connectivity index (χ0n) is 16.7. The molecule has 0 fully saturated rings. The molecule has 1 aromatic heterocycles. The van der Waals surface area contributed by atoms with Crippen LogP contribution in [-0.4, -0.2) is 23.0 Å². The molecule has 30 heavy (non-hydrogen) atoms. The molecular weight excluding hydrogens is 420 g/mol. The van der Waals surface area contributed by atoms with Crippen molar-refractivity contribution in [1.29, 1.82) is 0 Å². The summed E-state index contributed by atoms with van der Waals surface area (Å²) in [4.78, 5) is 29.5. The number of urea groups is 1. The highest BCUT2D eigenvalue weighted by Gasteiger charge is 2.10. The Kier molecular flexibility index (Phi) is 7.43. The minimum atomic E-state index is -0.223. The van der Waals surface area contributed by atoms with Gasteiger partial charge in [-0.25, -0.2) is 9.78 Å². The van der Waals surface area contributed by atoms with E-state index in [1.807, 2.05) is 50.2 Å². The molecule has 0 atom stereocenters. The maximum atomic E-state index is 12.5. The van der Waals surface area contributed by atoms with Crippen molar-refractivity contribution < 1.29 is 9.59 Å². The Morgan fingerprint density at radius 1 is 1.03 bits per heavy atom. The number of thiazole rings is 1.